The molecule has 0 bridgehead atoms. The van der Waals surface area contributed by atoms with Crippen molar-refractivity contribution in [1.82, 2.24) is 0 Å². The smallest absolute Gasteiger partial charge is 0.337 e. The third kappa shape index (κ3) is 5.50. The normalized spacial score (nSPS) is 10.9. The lowest BCUT2D eigenvalue weighted by atomic mass is 9.91. The summed E-state index contributed by atoms with van der Waals surface area (Å²) in [5.41, 5.74) is 8.08. The number of carbonyl (C=O) groups is 1. The molecular formula is C28H29NO5S. The molecule has 0 amide bonds. The first-order valence-electron chi connectivity index (χ1n) is 11.3. The highest BCUT2D eigenvalue weighted by molar-refractivity contribution is 7.91. The number of methoxy groups -OCH3 is 1. The van der Waals surface area contributed by atoms with Gasteiger partial charge in [0.05, 0.1) is 28.8 Å². The van der Waals surface area contributed by atoms with Gasteiger partial charge < -0.3 is 15.6 Å². The minimum Gasteiger partial charge on any atom is -0.497 e. The van der Waals surface area contributed by atoms with E-state index in [-0.39, 0.29) is 33.0 Å². The molecule has 182 valence electrons. The van der Waals surface area contributed by atoms with Crippen molar-refractivity contribution in [2.24, 2.45) is 0 Å². The van der Waals surface area contributed by atoms with Crippen molar-refractivity contribution in [3.8, 4) is 17.6 Å². The van der Waals surface area contributed by atoms with E-state index in [4.69, 9.17) is 10.5 Å². The molecule has 6 nitrogen and oxygen atoms in total. The molecule has 7 heteroatoms. The minimum absolute atomic E-state index is 0.0311. The first-order chi connectivity index (χ1) is 16.7. The number of carboxylic acid groups (broad SMARTS) is 1. The van der Waals surface area contributed by atoms with Crippen LogP contribution >= 0.6 is 0 Å². The molecule has 0 aliphatic carbocycles. The average molecular weight is 492 g/mol. The number of rotatable bonds is 8. The lowest BCUT2D eigenvalue weighted by Gasteiger charge is -2.20. The lowest BCUT2D eigenvalue weighted by molar-refractivity contribution is 0.0691. The van der Waals surface area contributed by atoms with Crippen LogP contribution < -0.4 is 10.5 Å². The summed E-state index contributed by atoms with van der Waals surface area (Å²) in [6.07, 6.45) is 2.53. The van der Waals surface area contributed by atoms with Crippen molar-refractivity contribution in [3.63, 3.8) is 0 Å². The van der Waals surface area contributed by atoms with Crippen molar-refractivity contribution >= 4 is 21.5 Å². The fraction of sp³-hybridized carbons (Fsp3) is 0.250. The second-order valence-corrected chi connectivity index (χ2v) is 10.0. The second-order valence-electron chi connectivity index (χ2n) is 8.15. The molecular weight excluding hydrogens is 462 g/mol. The summed E-state index contributed by atoms with van der Waals surface area (Å²) in [5, 5.41) is 10.3. The predicted molar refractivity (Wildman–Crippen MR) is 137 cm³/mol. The van der Waals surface area contributed by atoms with Crippen molar-refractivity contribution in [2.75, 3.05) is 12.8 Å². The van der Waals surface area contributed by atoms with Gasteiger partial charge in [-0.25, -0.2) is 13.2 Å². The van der Waals surface area contributed by atoms with Crippen LogP contribution in [-0.2, 0) is 16.3 Å². The van der Waals surface area contributed by atoms with Crippen LogP contribution in [0.4, 0.5) is 5.69 Å². The van der Waals surface area contributed by atoms with E-state index in [2.05, 4.69) is 11.8 Å². The van der Waals surface area contributed by atoms with E-state index in [0.717, 1.165) is 18.4 Å². The molecule has 0 unspecified atom stereocenters. The molecule has 3 aromatic rings. The molecule has 0 fully saturated rings. The summed E-state index contributed by atoms with van der Waals surface area (Å²) < 4.78 is 33.0. The van der Waals surface area contributed by atoms with Gasteiger partial charge in [0, 0.05) is 6.42 Å². The summed E-state index contributed by atoms with van der Waals surface area (Å²) in [5.74, 6) is 5.02. The standard InChI is InChI=1S/C28H29NO5S/c1-4-5-6-10-13-23-26(29)19(2)24(18-20-11-8-7-9-12-20)25(28(30)31)27(23)35(32,33)22-16-14-21(34-3)15-17-22/h7-9,11-12,14-17H,4-6,18,29H2,1-3H3,(H,30,31). The number of nitrogen functional groups attached to an aromatic ring is 1. The molecule has 0 aliphatic rings. The van der Waals surface area contributed by atoms with Crippen LogP contribution in [0.2, 0.25) is 0 Å². The monoisotopic (exact) mass is 491 g/mol. The first kappa shape index (κ1) is 25.9. The Labute approximate surface area is 206 Å². The molecule has 0 heterocycles. The van der Waals surface area contributed by atoms with Crippen LogP contribution in [0.15, 0.2) is 64.4 Å². The Morgan fingerprint density at radius 3 is 2.31 bits per heavy atom. The molecule has 0 spiro atoms. The highest BCUT2D eigenvalue weighted by atomic mass is 32.2. The Morgan fingerprint density at radius 2 is 1.74 bits per heavy atom. The van der Waals surface area contributed by atoms with Crippen LogP contribution in [0.25, 0.3) is 0 Å². The van der Waals surface area contributed by atoms with Crippen molar-refractivity contribution < 1.29 is 23.1 Å². The maximum absolute atomic E-state index is 13.9. The Hall–Kier alpha value is -3.76. The van der Waals surface area contributed by atoms with Gasteiger partial charge in [-0.3, -0.25) is 0 Å². The molecule has 0 atom stereocenters. The van der Waals surface area contributed by atoms with E-state index in [1.165, 1.54) is 31.4 Å². The maximum Gasteiger partial charge on any atom is 0.337 e. The maximum atomic E-state index is 13.9. The number of sulfone groups is 1. The van der Waals surface area contributed by atoms with Crippen molar-refractivity contribution in [3.05, 3.63) is 82.4 Å². The summed E-state index contributed by atoms with van der Waals surface area (Å²) in [7, 11) is -2.81. The SMILES string of the molecule is CCCCC#Cc1c(N)c(C)c(Cc2ccccc2)c(C(=O)O)c1S(=O)(=O)c1ccc(OC)cc1. The molecule has 3 aromatic carbocycles. The summed E-state index contributed by atoms with van der Waals surface area (Å²) in [6, 6.07) is 15.1. The van der Waals surface area contributed by atoms with E-state index in [9.17, 15) is 18.3 Å². The van der Waals surface area contributed by atoms with Gasteiger partial charge in [-0.15, -0.1) is 0 Å². The van der Waals surface area contributed by atoms with E-state index in [0.29, 0.717) is 23.3 Å². The van der Waals surface area contributed by atoms with Gasteiger partial charge in [-0.1, -0.05) is 55.5 Å². The second kappa shape index (κ2) is 11.1. The molecule has 3 rings (SSSR count). The number of carboxylic acids is 1. The van der Waals surface area contributed by atoms with Crippen LogP contribution in [0, 0.1) is 18.8 Å². The summed E-state index contributed by atoms with van der Waals surface area (Å²) >= 11 is 0. The molecule has 0 radical (unpaired) electrons. The van der Waals surface area contributed by atoms with Crippen LogP contribution in [0.5, 0.6) is 5.75 Å². The van der Waals surface area contributed by atoms with Gasteiger partial charge >= 0.3 is 5.97 Å². The fourth-order valence-corrected chi connectivity index (χ4v) is 5.49. The van der Waals surface area contributed by atoms with E-state index in [1.54, 1.807) is 6.92 Å². The number of hydrogen-bond donors (Lipinski definition) is 2. The molecule has 3 N–H and O–H groups in total. The number of nitrogens with two attached hydrogens (primary N) is 1. The number of ether oxygens (including phenoxy) is 1. The highest BCUT2D eigenvalue weighted by Crippen LogP contribution is 2.37. The van der Waals surface area contributed by atoms with Gasteiger partial charge in [0.2, 0.25) is 9.84 Å². The zero-order valence-corrected chi connectivity index (χ0v) is 20.9. The third-order valence-electron chi connectivity index (χ3n) is 5.83. The summed E-state index contributed by atoms with van der Waals surface area (Å²) in [4.78, 5) is 12.2. The van der Waals surface area contributed by atoms with Gasteiger partial charge in [0.1, 0.15) is 10.6 Å². The Kier molecular flexibility index (Phi) is 8.21. The zero-order chi connectivity index (χ0) is 25.6. The molecule has 0 saturated carbocycles. The van der Waals surface area contributed by atoms with E-state index in [1.807, 2.05) is 37.3 Å². The highest BCUT2D eigenvalue weighted by Gasteiger charge is 2.33. The average Bonchev–Trinajstić information content (AvgIpc) is 2.85. The van der Waals surface area contributed by atoms with Gasteiger partial charge in [0.25, 0.3) is 0 Å². The quantitative estimate of drug-likeness (QED) is 0.253. The van der Waals surface area contributed by atoms with Crippen molar-refractivity contribution in [2.45, 2.75) is 49.3 Å². The molecule has 35 heavy (non-hydrogen) atoms. The van der Waals surface area contributed by atoms with Crippen LogP contribution in [0.3, 0.4) is 0 Å². The zero-order valence-electron chi connectivity index (χ0n) is 20.1. The van der Waals surface area contributed by atoms with Crippen molar-refractivity contribution in [1.29, 1.82) is 0 Å². The Balaban J connectivity index is 2.38. The third-order valence-corrected chi connectivity index (χ3v) is 7.67. The molecule has 0 aromatic heterocycles. The number of unbranched alkanes of at least 4 members (excludes halogenated alkanes) is 2. The lowest BCUT2D eigenvalue weighted by Crippen LogP contribution is -2.18. The number of anilines is 1. The number of hydrogen-bond acceptors (Lipinski definition) is 5. The number of aromatic carboxylic acids is 1. The van der Waals surface area contributed by atoms with Gasteiger partial charge in [-0.05, 0) is 60.7 Å². The molecule has 0 saturated heterocycles. The topological polar surface area (TPSA) is 107 Å². The predicted octanol–water partition coefficient (Wildman–Crippen LogP) is 5.25. The Bertz CT molecular complexity index is 1380. The summed E-state index contributed by atoms with van der Waals surface area (Å²) in [6.45, 7) is 3.74. The minimum atomic E-state index is -4.29. The van der Waals surface area contributed by atoms with E-state index < -0.39 is 15.8 Å². The number of benzene rings is 3. The van der Waals surface area contributed by atoms with E-state index >= 15 is 0 Å². The van der Waals surface area contributed by atoms with Crippen LogP contribution in [-0.4, -0.2) is 26.6 Å². The van der Waals surface area contributed by atoms with Gasteiger partial charge in [-0.2, -0.15) is 0 Å². The first-order valence-corrected chi connectivity index (χ1v) is 12.8. The van der Waals surface area contributed by atoms with Gasteiger partial charge in [0.15, 0.2) is 0 Å². The van der Waals surface area contributed by atoms with Crippen LogP contribution in [0.1, 0.15) is 58.8 Å². The fourth-order valence-electron chi connectivity index (χ4n) is 3.85. The largest absolute Gasteiger partial charge is 0.497 e. The molecule has 0 aliphatic heterocycles. The Morgan fingerprint density at radius 1 is 1.09 bits per heavy atom.